The molecule has 11 rings (SSSR count). The maximum Gasteiger partial charge on any atom is 0.339 e. The standard InChI is InChI=1S/C44H41N3O7S/c1-26-11-16-29(17-12-26)55(51,52)54-35-18-15-28-23-36-44(50)24-33-30-7-4-5-10-34(30)46(20-6-21-47-41(48)31-8-2-3-9-32(31)42(47)49)38(33)40-43(44,37(28)39(35)53-40)19-22-45(36)25-27-13-14-27/h2-5,7-12,15-18,27,36,40,50H,6,13-14,19-25H2,1H3/t36-,40-,43-,44+/m0/s1. The summed E-state index contributed by atoms with van der Waals surface area (Å²) in [5, 5.41) is 14.6. The van der Waals surface area contributed by atoms with Crippen molar-refractivity contribution < 1.29 is 32.0 Å². The molecule has 2 bridgehead atoms. The molecule has 0 radical (unpaired) electrons. The fraction of sp³-hybridized carbons (Fsp3) is 0.364. The number of benzene rings is 4. The van der Waals surface area contributed by atoms with Gasteiger partial charge in [0, 0.05) is 48.6 Å². The molecule has 1 spiro atoms. The first-order chi connectivity index (χ1) is 26.6. The van der Waals surface area contributed by atoms with Gasteiger partial charge in [-0.2, -0.15) is 8.42 Å². The van der Waals surface area contributed by atoms with Gasteiger partial charge >= 0.3 is 10.1 Å². The number of hydrogen-bond donors (Lipinski definition) is 1. The zero-order valence-electron chi connectivity index (χ0n) is 30.5. The number of likely N-dealkylation sites (tertiary alicyclic amines) is 1. The number of carbonyl (C=O) groups is 2. The minimum atomic E-state index is -4.20. The second-order valence-corrected chi connectivity index (χ2v) is 18.0. The summed E-state index contributed by atoms with van der Waals surface area (Å²) in [6, 6.07) is 25.3. The van der Waals surface area contributed by atoms with E-state index in [0.29, 0.717) is 55.0 Å². The molecule has 2 fully saturated rings. The summed E-state index contributed by atoms with van der Waals surface area (Å²) in [6.45, 7) is 4.41. The van der Waals surface area contributed by atoms with Crippen molar-refractivity contribution in [2.45, 2.75) is 80.1 Å². The monoisotopic (exact) mass is 755 g/mol. The van der Waals surface area contributed by atoms with Crippen LogP contribution in [0.15, 0.2) is 89.8 Å². The molecule has 10 nitrogen and oxygen atoms in total. The van der Waals surface area contributed by atoms with Crippen molar-refractivity contribution in [2.24, 2.45) is 5.92 Å². The van der Waals surface area contributed by atoms with Gasteiger partial charge in [-0.1, -0.05) is 54.1 Å². The Labute approximate surface area is 319 Å². The zero-order chi connectivity index (χ0) is 37.4. The van der Waals surface area contributed by atoms with E-state index < -0.39 is 27.2 Å². The van der Waals surface area contributed by atoms with Crippen molar-refractivity contribution >= 4 is 32.8 Å². The third kappa shape index (κ3) is 4.57. The molecule has 1 saturated heterocycles. The lowest BCUT2D eigenvalue weighted by Gasteiger charge is -2.63. The number of nitrogens with zero attached hydrogens (tertiary/aromatic N) is 3. The van der Waals surface area contributed by atoms with E-state index in [1.807, 2.05) is 25.1 Å². The van der Waals surface area contributed by atoms with E-state index in [4.69, 9.17) is 8.92 Å². The molecule has 4 atom stereocenters. The van der Waals surface area contributed by atoms with Gasteiger partial charge in [0.05, 0.1) is 27.8 Å². The van der Waals surface area contributed by atoms with Crippen molar-refractivity contribution in [1.82, 2.24) is 14.4 Å². The third-order valence-electron chi connectivity index (χ3n) is 13.5. The molecule has 3 aliphatic carbocycles. The summed E-state index contributed by atoms with van der Waals surface area (Å²) in [5.41, 5.74) is 4.68. The number of para-hydroxylation sites is 1. The van der Waals surface area contributed by atoms with Gasteiger partial charge in [0.25, 0.3) is 11.8 Å². The number of aryl methyl sites for hydroxylation is 2. The number of amides is 2. The summed E-state index contributed by atoms with van der Waals surface area (Å²) in [6.07, 6.45) is 4.01. The van der Waals surface area contributed by atoms with Crippen molar-refractivity contribution in [1.29, 1.82) is 0 Å². The lowest BCUT2D eigenvalue weighted by Crippen LogP contribution is -2.74. The predicted octanol–water partition coefficient (Wildman–Crippen LogP) is 6.10. The van der Waals surface area contributed by atoms with Gasteiger partial charge in [-0.15, -0.1) is 0 Å². The summed E-state index contributed by atoms with van der Waals surface area (Å²) in [5.74, 6) is 0.618. The fourth-order valence-electron chi connectivity index (χ4n) is 10.8. The number of carbonyl (C=O) groups excluding carboxylic acids is 2. The molecular formula is C44H41N3O7S. The van der Waals surface area contributed by atoms with Gasteiger partial charge in [-0.05, 0) is 99.0 Å². The molecule has 2 amide bonds. The van der Waals surface area contributed by atoms with Crippen molar-refractivity contribution in [3.63, 3.8) is 0 Å². The molecule has 5 aromatic rings. The maximum absolute atomic E-state index is 13.7. The number of aromatic nitrogens is 1. The van der Waals surface area contributed by atoms with E-state index in [0.717, 1.165) is 51.9 Å². The summed E-state index contributed by atoms with van der Waals surface area (Å²) in [7, 11) is -4.20. The van der Waals surface area contributed by atoms with Crippen LogP contribution in [0.25, 0.3) is 10.9 Å². The van der Waals surface area contributed by atoms with Crippen LogP contribution in [-0.2, 0) is 34.9 Å². The van der Waals surface area contributed by atoms with Crippen LogP contribution in [0.5, 0.6) is 11.5 Å². The van der Waals surface area contributed by atoms with Crippen molar-refractivity contribution in [3.8, 4) is 11.5 Å². The Bertz CT molecular complexity index is 2560. The Hall–Kier alpha value is -4.97. The van der Waals surface area contributed by atoms with Crippen LogP contribution in [-0.4, -0.2) is 71.0 Å². The lowest BCUT2D eigenvalue weighted by atomic mass is 9.49. The van der Waals surface area contributed by atoms with Gasteiger partial charge < -0.3 is 18.6 Å². The molecule has 4 aromatic carbocycles. The highest BCUT2D eigenvalue weighted by molar-refractivity contribution is 7.87. The Morgan fingerprint density at radius 3 is 2.38 bits per heavy atom. The molecule has 1 N–H and O–H groups in total. The second kappa shape index (κ2) is 11.5. The fourth-order valence-corrected chi connectivity index (χ4v) is 11.7. The minimum Gasteiger partial charge on any atom is -0.479 e. The molecule has 0 unspecified atom stereocenters. The molecular weight excluding hydrogens is 715 g/mol. The first-order valence-corrected chi connectivity index (χ1v) is 20.9. The van der Waals surface area contributed by atoms with E-state index in [1.54, 1.807) is 54.6 Å². The molecule has 6 aliphatic rings. The number of hydrogen-bond acceptors (Lipinski definition) is 8. The average molecular weight is 756 g/mol. The molecule has 55 heavy (non-hydrogen) atoms. The minimum absolute atomic E-state index is 0.0574. The number of aliphatic hydroxyl groups is 1. The smallest absolute Gasteiger partial charge is 0.339 e. The zero-order valence-corrected chi connectivity index (χ0v) is 31.3. The van der Waals surface area contributed by atoms with Crippen LogP contribution in [0.4, 0.5) is 0 Å². The number of imide groups is 1. The van der Waals surface area contributed by atoms with Gasteiger partial charge in [0.15, 0.2) is 17.6 Å². The number of piperidine rings is 1. The molecule has 1 aromatic heterocycles. The number of fused-ring (bicyclic) bond motifs is 5. The Kier molecular flexibility index (Phi) is 7.00. The highest BCUT2D eigenvalue weighted by Gasteiger charge is 2.73. The Morgan fingerprint density at radius 2 is 1.64 bits per heavy atom. The topological polar surface area (TPSA) is 118 Å². The summed E-state index contributed by atoms with van der Waals surface area (Å²) in [4.78, 5) is 30.5. The van der Waals surface area contributed by atoms with Crippen molar-refractivity contribution in [3.05, 3.63) is 124 Å². The SMILES string of the molecule is Cc1ccc(S(=O)(=O)Oc2ccc3c4c2O[C@H]2c5c(c6ccccc6n5CCCN5C(=O)c6ccccc6C5=O)C[C@@]5(O)[C@H](C3)N(CC3CC3)CC[C@]425)cc1. The van der Waals surface area contributed by atoms with Gasteiger partial charge in [0.1, 0.15) is 4.90 Å². The first-order valence-electron chi connectivity index (χ1n) is 19.4. The largest absolute Gasteiger partial charge is 0.479 e. The highest BCUT2D eigenvalue weighted by atomic mass is 32.2. The van der Waals surface area contributed by atoms with Crippen LogP contribution in [0.1, 0.15) is 80.5 Å². The van der Waals surface area contributed by atoms with Crippen LogP contribution in [0, 0.1) is 12.8 Å². The van der Waals surface area contributed by atoms with Crippen molar-refractivity contribution in [2.75, 3.05) is 19.6 Å². The quantitative estimate of drug-likeness (QED) is 0.142. The van der Waals surface area contributed by atoms with E-state index in [9.17, 15) is 23.1 Å². The Balaban J connectivity index is 1.03. The van der Waals surface area contributed by atoms with Gasteiger partial charge in [-0.3, -0.25) is 19.4 Å². The van der Waals surface area contributed by atoms with E-state index in [1.165, 1.54) is 17.7 Å². The summed E-state index contributed by atoms with van der Waals surface area (Å²) < 4.78 is 42.9. The van der Waals surface area contributed by atoms with Gasteiger partial charge in [-0.25, -0.2) is 0 Å². The second-order valence-electron chi connectivity index (χ2n) is 16.4. The molecule has 11 heteroatoms. The first kappa shape index (κ1) is 33.4. The Morgan fingerprint density at radius 1 is 0.909 bits per heavy atom. The van der Waals surface area contributed by atoms with Crippen LogP contribution >= 0.6 is 0 Å². The molecule has 4 heterocycles. The van der Waals surface area contributed by atoms with Crippen LogP contribution in [0.2, 0.25) is 0 Å². The summed E-state index contributed by atoms with van der Waals surface area (Å²) >= 11 is 0. The number of rotatable bonds is 9. The highest BCUT2D eigenvalue weighted by Crippen LogP contribution is 2.69. The maximum atomic E-state index is 13.7. The van der Waals surface area contributed by atoms with Crippen LogP contribution in [0.3, 0.4) is 0 Å². The van der Waals surface area contributed by atoms with E-state index >= 15 is 0 Å². The molecule has 280 valence electrons. The lowest BCUT2D eigenvalue weighted by molar-refractivity contribution is -0.173. The predicted molar refractivity (Wildman–Crippen MR) is 204 cm³/mol. The molecule has 3 aliphatic heterocycles. The number of ether oxygens (including phenoxy) is 1. The van der Waals surface area contributed by atoms with Crippen LogP contribution < -0.4 is 8.92 Å². The normalized spacial score (nSPS) is 26.2. The third-order valence-corrected chi connectivity index (χ3v) is 14.7. The average Bonchev–Trinajstić information content (AvgIpc) is 3.79. The molecule has 1 saturated carbocycles. The van der Waals surface area contributed by atoms with E-state index in [2.05, 4.69) is 21.6 Å². The van der Waals surface area contributed by atoms with E-state index in [-0.39, 0.29) is 35.0 Å². The van der Waals surface area contributed by atoms with Gasteiger partial charge in [0.2, 0.25) is 0 Å².